The molecular formula is C17H16N4O3. The SMILES string of the molecule is COc1ccc(C2=C[C@@H](c3ccco3)n3ncnc3N2)cc1OC. The van der Waals surface area contributed by atoms with Crippen LogP contribution in [-0.2, 0) is 0 Å². The lowest BCUT2D eigenvalue weighted by molar-refractivity contribution is 0.355. The molecule has 1 aliphatic heterocycles. The quantitative estimate of drug-likeness (QED) is 0.795. The van der Waals surface area contributed by atoms with Crippen molar-refractivity contribution in [2.45, 2.75) is 6.04 Å². The van der Waals surface area contributed by atoms with Crippen LogP contribution in [0.25, 0.3) is 5.70 Å². The number of aromatic nitrogens is 3. The number of rotatable bonds is 4. The summed E-state index contributed by atoms with van der Waals surface area (Å²) in [6, 6.07) is 9.37. The molecule has 0 spiro atoms. The maximum atomic E-state index is 5.56. The van der Waals surface area contributed by atoms with Gasteiger partial charge in [0.25, 0.3) is 0 Å². The van der Waals surface area contributed by atoms with E-state index in [-0.39, 0.29) is 6.04 Å². The molecule has 24 heavy (non-hydrogen) atoms. The van der Waals surface area contributed by atoms with E-state index in [1.165, 1.54) is 6.33 Å². The Hall–Kier alpha value is -3.22. The van der Waals surface area contributed by atoms with Crippen LogP contribution in [0.3, 0.4) is 0 Å². The molecule has 0 amide bonds. The minimum Gasteiger partial charge on any atom is -0.493 e. The molecule has 1 aromatic carbocycles. The van der Waals surface area contributed by atoms with E-state index in [2.05, 4.69) is 15.4 Å². The number of allylic oxidation sites excluding steroid dienone is 1. The molecule has 7 nitrogen and oxygen atoms in total. The molecule has 3 heterocycles. The second kappa shape index (κ2) is 5.77. The number of anilines is 1. The molecule has 122 valence electrons. The minimum absolute atomic E-state index is 0.165. The van der Waals surface area contributed by atoms with Crippen molar-refractivity contribution in [2.24, 2.45) is 0 Å². The zero-order valence-electron chi connectivity index (χ0n) is 13.3. The fraction of sp³-hybridized carbons (Fsp3) is 0.176. The Morgan fingerprint density at radius 2 is 2.04 bits per heavy atom. The van der Waals surface area contributed by atoms with Crippen molar-refractivity contribution in [1.29, 1.82) is 0 Å². The summed E-state index contributed by atoms with van der Waals surface area (Å²) in [6.07, 6.45) is 5.21. The molecule has 0 fully saturated rings. The van der Waals surface area contributed by atoms with Crippen molar-refractivity contribution in [2.75, 3.05) is 19.5 Å². The highest BCUT2D eigenvalue weighted by atomic mass is 16.5. The van der Waals surface area contributed by atoms with Crippen molar-refractivity contribution < 1.29 is 13.9 Å². The van der Waals surface area contributed by atoms with Gasteiger partial charge in [0.05, 0.1) is 20.5 Å². The maximum Gasteiger partial charge on any atom is 0.226 e. The first-order valence-corrected chi connectivity index (χ1v) is 7.44. The highest BCUT2D eigenvalue weighted by Gasteiger charge is 2.25. The molecule has 3 aromatic rings. The van der Waals surface area contributed by atoms with Gasteiger partial charge in [-0.1, -0.05) is 0 Å². The van der Waals surface area contributed by atoms with Gasteiger partial charge >= 0.3 is 0 Å². The van der Waals surface area contributed by atoms with Gasteiger partial charge in [0.15, 0.2) is 11.5 Å². The number of furan rings is 1. The van der Waals surface area contributed by atoms with Gasteiger partial charge in [-0.15, -0.1) is 0 Å². The van der Waals surface area contributed by atoms with Crippen molar-refractivity contribution >= 4 is 11.6 Å². The summed E-state index contributed by atoms with van der Waals surface area (Å²) in [5.41, 5.74) is 1.86. The number of nitrogens with zero attached hydrogens (tertiary/aromatic N) is 3. The molecule has 1 atom stereocenters. The Kier molecular flexibility index (Phi) is 3.45. The summed E-state index contributed by atoms with van der Waals surface area (Å²) in [6.45, 7) is 0. The van der Waals surface area contributed by atoms with Crippen molar-refractivity contribution in [1.82, 2.24) is 14.8 Å². The van der Waals surface area contributed by atoms with Crippen LogP contribution < -0.4 is 14.8 Å². The molecule has 1 N–H and O–H groups in total. The second-order valence-electron chi connectivity index (χ2n) is 5.26. The Bertz CT molecular complexity index is 883. The predicted octanol–water partition coefficient (Wildman–Crippen LogP) is 2.94. The molecule has 0 aliphatic carbocycles. The van der Waals surface area contributed by atoms with Gasteiger partial charge in [0.1, 0.15) is 18.1 Å². The number of methoxy groups -OCH3 is 2. The van der Waals surface area contributed by atoms with Crippen LogP contribution in [0.2, 0.25) is 0 Å². The van der Waals surface area contributed by atoms with E-state index in [4.69, 9.17) is 13.9 Å². The molecular weight excluding hydrogens is 308 g/mol. The normalized spacial score (nSPS) is 16.1. The Balaban J connectivity index is 1.78. The molecule has 4 rings (SSSR count). The molecule has 1 aliphatic rings. The van der Waals surface area contributed by atoms with E-state index in [1.54, 1.807) is 25.2 Å². The lowest BCUT2D eigenvalue weighted by Crippen LogP contribution is -2.19. The van der Waals surface area contributed by atoms with Crippen LogP contribution >= 0.6 is 0 Å². The fourth-order valence-electron chi connectivity index (χ4n) is 2.77. The van der Waals surface area contributed by atoms with Crippen LogP contribution in [0.15, 0.2) is 53.4 Å². The van der Waals surface area contributed by atoms with Crippen LogP contribution in [0.1, 0.15) is 17.4 Å². The Labute approximate surface area is 138 Å². The van der Waals surface area contributed by atoms with Crippen LogP contribution in [0.4, 0.5) is 5.95 Å². The molecule has 0 saturated heterocycles. The van der Waals surface area contributed by atoms with Crippen molar-refractivity contribution in [3.63, 3.8) is 0 Å². The first-order chi connectivity index (χ1) is 11.8. The summed E-state index contributed by atoms with van der Waals surface area (Å²) < 4.78 is 18.0. The standard InChI is InChI=1S/C17H16N4O3/c1-22-15-6-5-11(8-16(15)23-2)12-9-13(14-4-3-7-24-14)21-17(20-12)18-10-19-21/h3-10,13H,1-2H3,(H,18,19,20)/t13-/m0/s1. The number of ether oxygens (including phenoxy) is 2. The van der Waals surface area contributed by atoms with Crippen molar-refractivity contribution in [3.05, 3.63) is 60.3 Å². The monoisotopic (exact) mass is 324 g/mol. The van der Waals surface area contributed by atoms with Crippen LogP contribution in [-0.4, -0.2) is 29.0 Å². The van der Waals surface area contributed by atoms with E-state index in [9.17, 15) is 0 Å². The molecule has 0 bridgehead atoms. The van der Waals surface area contributed by atoms with Crippen LogP contribution in [0.5, 0.6) is 11.5 Å². The summed E-state index contributed by atoms with van der Waals surface area (Å²) in [5.74, 6) is 2.80. The number of hydrogen-bond donors (Lipinski definition) is 1. The van der Waals surface area contributed by atoms with E-state index in [0.29, 0.717) is 17.4 Å². The predicted molar refractivity (Wildman–Crippen MR) is 88.0 cm³/mol. The summed E-state index contributed by atoms with van der Waals surface area (Å²) in [7, 11) is 3.23. The zero-order valence-corrected chi connectivity index (χ0v) is 13.3. The third kappa shape index (κ3) is 2.30. The lowest BCUT2D eigenvalue weighted by atomic mass is 10.1. The first kappa shape index (κ1) is 14.4. The summed E-state index contributed by atoms with van der Waals surface area (Å²) in [4.78, 5) is 4.27. The number of benzene rings is 1. The first-order valence-electron chi connectivity index (χ1n) is 7.44. The Morgan fingerprint density at radius 1 is 1.17 bits per heavy atom. The summed E-state index contributed by atoms with van der Waals surface area (Å²) >= 11 is 0. The van der Waals surface area contributed by atoms with Gasteiger partial charge in [-0.05, 0) is 36.4 Å². The smallest absolute Gasteiger partial charge is 0.226 e. The Morgan fingerprint density at radius 3 is 2.79 bits per heavy atom. The van der Waals surface area contributed by atoms with E-state index >= 15 is 0 Å². The van der Waals surface area contributed by atoms with Gasteiger partial charge in [-0.25, -0.2) is 4.68 Å². The highest BCUT2D eigenvalue weighted by molar-refractivity contribution is 5.78. The number of fused-ring (bicyclic) bond motifs is 1. The average molecular weight is 324 g/mol. The topological polar surface area (TPSA) is 74.3 Å². The third-order valence-electron chi connectivity index (χ3n) is 3.94. The van der Waals surface area contributed by atoms with Gasteiger partial charge in [-0.2, -0.15) is 10.1 Å². The average Bonchev–Trinajstić information content (AvgIpc) is 3.31. The zero-order chi connectivity index (χ0) is 16.5. The van der Waals surface area contributed by atoms with E-state index < -0.39 is 0 Å². The van der Waals surface area contributed by atoms with Gasteiger partial charge < -0.3 is 19.2 Å². The van der Waals surface area contributed by atoms with Gasteiger partial charge in [-0.3, -0.25) is 0 Å². The lowest BCUT2D eigenvalue weighted by Gasteiger charge is -2.23. The number of hydrogen-bond acceptors (Lipinski definition) is 6. The molecule has 0 unspecified atom stereocenters. The largest absolute Gasteiger partial charge is 0.493 e. The molecule has 7 heteroatoms. The third-order valence-corrected chi connectivity index (χ3v) is 3.94. The van der Waals surface area contributed by atoms with Gasteiger partial charge in [0, 0.05) is 11.3 Å². The van der Waals surface area contributed by atoms with Crippen molar-refractivity contribution in [3.8, 4) is 11.5 Å². The fourth-order valence-corrected chi connectivity index (χ4v) is 2.77. The van der Waals surface area contributed by atoms with Crippen LogP contribution in [0, 0.1) is 0 Å². The van der Waals surface area contributed by atoms with E-state index in [1.807, 2.05) is 36.4 Å². The van der Waals surface area contributed by atoms with Gasteiger partial charge in [0.2, 0.25) is 5.95 Å². The number of nitrogens with one attached hydrogen (secondary N) is 1. The molecule has 2 aromatic heterocycles. The molecule has 0 saturated carbocycles. The molecule has 0 radical (unpaired) electrons. The minimum atomic E-state index is -0.165. The van der Waals surface area contributed by atoms with E-state index in [0.717, 1.165) is 17.0 Å². The summed E-state index contributed by atoms with van der Waals surface area (Å²) in [5, 5.41) is 7.56. The maximum absolute atomic E-state index is 5.56. The second-order valence-corrected chi connectivity index (χ2v) is 5.26. The highest BCUT2D eigenvalue weighted by Crippen LogP contribution is 2.35.